The van der Waals surface area contributed by atoms with Crippen molar-refractivity contribution in [1.82, 2.24) is 0 Å². The largest absolute Gasteiger partial charge is 0.399 e. The van der Waals surface area contributed by atoms with Crippen LogP contribution >= 0.6 is 27.5 Å². The van der Waals surface area contributed by atoms with Crippen molar-refractivity contribution in [2.75, 3.05) is 11.1 Å². The van der Waals surface area contributed by atoms with E-state index in [0.717, 1.165) is 15.8 Å². The number of nitrogens with one attached hydrogen (secondary N) is 1. The molecule has 0 aromatic heterocycles. The third kappa shape index (κ3) is 2.76. The van der Waals surface area contributed by atoms with Crippen LogP contribution in [0.1, 0.15) is 5.56 Å². The van der Waals surface area contributed by atoms with Gasteiger partial charge >= 0.3 is 0 Å². The summed E-state index contributed by atoms with van der Waals surface area (Å²) in [6, 6.07) is 12.6. The molecule has 18 heavy (non-hydrogen) atoms. The number of nitrogens with two attached hydrogens (primary N) is 1. The van der Waals surface area contributed by atoms with Gasteiger partial charge in [-0.1, -0.05) is 11.6 Å². The first-order valence-electron chi connectivity index (χ1n) is 5.12. The molecule has 0 spiro atoms. The van der Waals surface area contributed by atoms with Crippen LogP contribution in [-0.2, 0) is 0 Å². The lowest BCUT2D eigenvalue weighted by atomic mass is 10.2. The van der Waals surface area contributed by atoms with E-state index in [-0.39, 0.29) is 0 Å². The summed E-state index contributed by atoms with van der Waals surface area (Å²) in [5, 5.41) is 12.5. The highest BCUT2D eigenvalue weighted by Crippen LogP contribution is 2.31. The molecule has 0 amide bonds. The summed E-state index contributed by atoms with van der Waals surface area (Å²) in [5.74, 6) is 0. The van der Waals surface area contributed by atoms with Gasteiger partial charge in [-0.15, -0.1) is 0 Å². The zero-order chi connectivity index (χ0) is 13.1. The lowest BCUT2D eigenvalue weighted by Crippen LogP contribution is -1.94. The van der Waals surface area contributed by atoms with Gasteiger partial charge in [0.2, 0.25) is 0 Å². The second-order valence-electron chi connectivity index (χ2n) is 3.67. The number of nitrogen functional groups attached to an aromatic ring is 1. The van der Waals surface area contributed by atoms with Crippen LogP contribution in [-0.4, -0.2) is 0 Å². The van der Waals surface area contributed by atoms with Crippen molar-refractivity contribution >= 4 is 44.6 Å². The molecule has 0 aliphatic rings. The van der Waals surface area contributed by atoms with E-state index >= 15 is 0 Å². The predicted octanol–water partition coefficient (Wildman–Crippen LogP) is 4.30. The third-order valence-corrected chi connectivity index (χ3v) is 3.33. The number of benzene rings is 2. The number of rotatable bonds is 2. The van der Waals surface area contributed by atoms with Crippen molar-refractivity contribution < 1.29 is 0 Å². The van der Waals surface area contributed by atoms with Gasteiger partial charge in [-0.2, -0.15) is 5.26 Å². The van der Waals surface area contributed by atoms with Crippen LogP contribution in [0.4, 0.5) is 17.1 Å². The maximum absolute atomic E-state index is 8.79. The average Bonchev–Trinajstić information content (AvgIpc) is 2.34. The van der Waals surface area contributed by atoms with Gasteiger partial charge in [0, 0.05) is 10.2 Å². The molecule has 2 rings (SSSR count). The number of nitriles is 1. The molecule has 3 nitrogen and oxygen atoms in total. The number of halogens is 2. The van der Waals surface area contributed by atoms with Crippen LogP contribution in [0.25, 0.3) is 0 Å². The van der Waals surface area contributed by atoms with Crippen LogP contribution in [0.5, 0.6) is 0 Å². The van der Waals surface area contributed by atoms with Crippen molar-refractivity contribution in [3.63, 3.8) is 0 Å². The van der Waals surface area contributed by atoms with Crippen molar-refractivity contribution in [2.45, 2.75) is 0 Å². The molecule has 0 atom stereocenters. The predicted molar refractivity (Wildman–Crippen MR) is 78.0 cm³/mol. The van der Waals surface area contributed by atoms with Crippen LogP contribution in [0.15, 0.2) is 40.9 Å². The quantitative estimate of drug-likeness (QED) is 0.810. The molecule has 3 N–H and O–H groups in total. The molecule has 0 fully saturated rings. The maximum Gasteiger partial charge on any atom is 0.0992 e. The van der Waals surface area contributed by atoms with Crippen LogP contribution in [0.2, 0.25) is 5.02 Å². The first kappa shape index (κ1) is 12.7. The van der Waals surface area contributed by atoms with Crippen LogP contribution in [0, 0.1) is 11.3 Å². The van der Waals surface area contributed by atoms with Gasteiger partial charge in [0.1, 0.15) is 0 Å². The molecule has 0 saturated heterocycles. The molecule has 2 aromatic carbocycles. The molecule has 0 bridgehead atoms. The second-order valence-corrected chi connectivity index (χ2v) is 4.93. The smallest absolute Gasteiger partial charge is 0.0992 e. The number of nitrogens with zero attached hydrogens (tertiary/aromatic N) is 1. The van der Waals surface area contributed by atoms with Gasteiger partial charge in [-0.3, -0.25) is 0 Å². The highest BCUT2D eigenvalue weighted by atomic mass is 79.9. The van der Waals surface area contributed by atoms with Crippen molar-refractivity contribution in [3.05, 3.63) is 51.5 Å². The minimum atomic E-state index is 0.547. The Labute approximate surface area is 118 Å². The average molecular weight is 323 g/mol. The molecule has 5 heteroatoms. The van der Waals surface area contributed by atoms with Crippen LogP contribution in [0.3, 0.4) is 0 Å². The molecular weight excluding hydrogens is 314 g/mol. The Morgan fingerprint density at radius 1 is 1.17 bits per heavy atom. The molecule has 0 saturated carbocycles. The highest BCUT2D eigenvalue weighted by Gasteiger charge is 2.05. The Balaban J connectivity index is 2.32. The van der Waals surface area contributed by atoms with Gasteiger partial charge in [0.15, 0.2) is 0 Å². The molecule has 0 unspecified atom stereocenters. The molecule has 90 valence electrons. The Hall–Kier alpha value is -1.70. The summed E-state index contributed by atoms with van der Waals surface area (Å²) in [7, 11) is 0. The normalized spacial score (nSPS) is 9.83. The first-order chi connectivity index (χ1) is 8.60. The fourth-order valence-corrected chi connectivity index (χ4v) is 2.18. The van der Waals surface area contributed by atoms with Gasteiger partial charge in [0.25, 0.3) is 0 Å². The van der Waals surface area contributed by atoms with E-state index in [9.17, 15) is 0 Å². The number of hydrogen-bond donors (Lipinski definition) is 2. The van der Waals surface area contributed by atoms with Gasteiger partial charge in [-0.25, -0.2) is 0 Å². The molecule has 2 aromatic rings. The van der Waals surface area contributed by atoms with Gasteiger partial charge in [0.05, 0.1) is 28.0 Å². The lowest BCUT2D eigenvalue weighted by Gasteiger charge is -2.10. The Morgan fingerprint density at radius 2 is 1.89 bits per heavy atom. The maximum atomic E-state index is 8.79. The van der Waals surface area contributed by atoms with Crippen LogP contribution < -0.4 is 11.1 Å². The minimum Gasteiger partial charge on any atom is -0.399 e. The summed E-state index contributed by atoms with van der Waals surface area (Å²) in [6.07, 6.45) is 0. The second kappa shape index (κ2) is 5.30. The summed E-state index contributed by atoms with van der Waals surface area (Å²) in [4.78, 5) is 0. The Bertz CT molecular complexity index is 635. The van der Waals surface area contributed by atoms with E-state index in [1.807, 2.05) is 12.1 Å². The van der Waals surface area contributed by atoms with Crippen molar-refractivity contribution in [1.29, 1.82) is 5.26 Å². The minimum absolute atomic E-state index is 0.547. The zero-order valence-corrected chi connectivity index (χ0v) is 11.6. The van der Waals surface area contributed by atoms with E-state index in [4.69, 9.17) is 22.6 Å². The van der Waals surface area contributed by atoms with E-state index in [0.29, 0.717) is 16.3 Å². The summed E-state index contributed by atoms with van der Waals surface area (Å²) in [6.45, 7) is 0. The number of hydrogen-bond acceptors (Lipinski definition) is 3. The Morgan fingerprint density at radius 3 is 2.50 bits per heavy atom. The Kier molecular flexibility index (Phi) is 3.75. The SMILES string of the molecule is N#Cc1ccc(Nc2ccc(N)cc2Cl)c(Br)c1. The molecule has 0 heterocycles. The molecule has 0 radical (unpaired) electrons. The van der Waals surface area contributed by atoms with E-state index in [1.165, 1.54) is 0 Å². The van der Waals surface area contributed by atoms with Gasteiger partial charge < -0.3 is 11.1 Å². The summed E-state index contributed by atoms with van der Waals surface area (Å²) in [5.41, 5.74) is 8.43. The highest BCUT2D eigenvalue weighted by molar-refractivity contribution is 9.10. The topological polar surface area (TPSA) is 61.8 Å². The fraction of sp³-hybridized carbons (Fsp3) is 0. The summed E-state index contributed by atoms with van der Waals surface area (Å²) >= 11 is 9.48. The van der Waals surface area contributed by atoms with Crippen molar-refractivity contribution in [3.8, 4) is 6.07 Å². The summed E-state index contributed by atoms with van der Waals surface area (Å²) < 4.78 is 0.800. The van der Waals surface area contributed by atoms with E-state index < -0.39 is 0 Å². The monoisotopic (exact) mass is 321 g/mol. The van der Waals surface area contributed by atoms with E-state index in [1.54, 1.807) is 24.3 Å². The lowest BCUT2D eigenvalue weighted by molar-refractivity contribution is 1.46. The molecule has 0 aliphatic carbocycles. The molecule has 0 aliphatic heterocycles. The first-order valence-corrected chi connectivity index (χ1v) is 6.29. The standard InChI is InChI=1S/C13H9BrClN3/c14-10-5-8(7-16)1-3-12(10)18-13-4-2-9(17)6-11(13)15/h1-6,18H,17H2. The van der Waals surface area contributed by atoms with Crippen molar-refractivity contribution in [2.24, 2.45) is 0 Å². The fourth-order valence-electron chi connectivity index (χ4n) is 1.46. The zero-order valence-electron chi connectivity index (χ0n) is 9.24. The molecular formula is C13H9BrClN3. The van der Waals surface area contributed by atoms with E-state index in [2.05, 4.69) is 27.3 Å². The third-order valence-electron chi connectivity index (χ3n) is 2.36. The van der Waals surface area contributed by atoms with Gasteiger partial charge in [-0.05, 0) is 52.3 Å². The number of anilines is 3.